The average Bonchev–Trinajstić information content (AvgIpc) is 2.47. The molecule has 0 bridgehead atoms. The standard InChI is InChI=1S/C15H29N3OS/c1-2-3-14(15(16)20)18-8-6-17(7-9-18)12-13-4-10-19-11-5-13/h13-14H,2-12H2,1H3,(H2,16,20). The van der Waals surface area contributed by atoms with E-state index in [1.54, 1.807) is 0 Å². The maximum atomic E-state index is 5.90. The van der Waals surface area contributed by atoms with Gasteiger partial charge < -0.3 is 15.4 Å². The van der Waals surface area contributed by atoms with Gasteiger partial charge in [-0.1, -0.05) is 25.6 Å². The molecule has 5 heteroatoms. The fourth-order valence-electron chi connectivity index (χ4n) is 3.33. The van der Waals surface area contributed by atoms with E-state index in [2.05, 4.69) is 16.7 Å². The minimum absolute atomic E-state index is 0.306. The number of thiocarbonyl (C=S) groups is 1. The number of ether oxygens (including phenoxy) is 1. The molecule has 20 heavy (non-hydrogen) atoms. The van der Waals surface area contributed by atoms with E-state index in [9.17, 15) is 0 Å². The van der Waals surface area contributed by atoms with Gasteiger partial charge in [-0.15, -0.1) is 0 Å². The Balaban J connectivity index is 1.74. The van der Waals surface area contributed by atoms with Crippen LogP contribution in [0.15, 0.2) is 0 Å². The Morgan fingerprint density at radius 1 is 1.25 bits per heavy atom. The van der Waals surface area contributed by atoms with Gasteiger partial charge in [0, 0.05) is 45.9 Å². The highest BCUT2D eigenvalue weighted by Gasteiger charge is 2.26. The fourth-order valence-corrected chi connectivity index (χ4v) is 3.60. The molecule has 2 heterocycles. The predicted octanol–water partition coefficient (Wildman–Crippen LogP) is 1.49. The van der Waals surface area contributed by atoms with Crippen LogP contribution >= 0.6 is 12.2 Å². The van der Waals surface area contributed by atoms with Crippen molar-refractivity contribution in [2.45, 2.75) is 38.6 Å². The maximum absolute atomic E-state index is 5.90. The van der Waals surface area contributed by atoms with Gasteiger partial charge in [0.05, 0.1) is 11.0 Å². The van der Waals surface area contributed by atoms with Crippen LogP contribution in [0.2, 0.25) is 0 Å². The lowest BCUT2D eigenvalue weighted by molar-refractivity contribution is 0.0399. The summed E-state index contributed by atoms with van der Waals surface area (Å²) in [6.45, 7) is 9.85. The summed E-state index contributed by atoms with van der Waals surface area (Å²) >= 11 is 5.23. The van der Waals surface area contributed by atoms with E-state index in [1.807, 2.05) is 0 Å². The molecule has 0 spiro atoms. The Bertz CT molecular complexity index is 299. The van der Waals surface area contributed by atoms with Crippen LogP contribution in [0.4, 0.5) is 0 Å². The highest BCUT2D eigenvalue weighted by atomic mass is 32.1. The first-order valence-corrected chi connectivity index (χ1v) is 8.45. The van der Waals surface area contributed by atoms with Crippen molar-refractivity contribution in [1.82, 2.24) is 9.80 Å². The number of hydrogen-bond donors (Lipinski definition) is 1. The van der Waals surface area contributed by atoms with Gasteiger partial charge in [-0.05, 0) is 25.2 Å². The highest BCUT2D eigenvalue weighted by Crippen LogP contribution is 2.18. The van der Waals surface area contributed by atoms with E-state index in [1.165, 1.54) is 19.4 Å². The molecule has 0 radical (unpaired) electrons. The summed E-state index contributed by atoms with van der Waals surface area (Å²) in [5, 5.41) is 0. The minimum atomic E-state index is 0.306. The van der Waals surface area contributed by atoms with E-state index in [0.717, 1.165) is 58.2 Å². The summed E-state index contributed by atoms with van der Waals surface area (Å²) in [6, 6.07) is 0.306. The second-order valence-corrected chi connectivity index (χ2v) is 6.57. The van der Waals surface area contributed by atoms with Crippen LogP contribution in [0.3, 0.4) is 0 Å². The maximum Gasteiger partial charge on any atom is 0.0902 e. The fraction of sp³-hybridized carbons (Fsp3) is 0.933. The SMILES string of the molecule is CCCC(C(N)=S)N1CCN(CC2CCOCC2)CC1. The lowest BCUT2D eigenvalue weighted by Gasteiger charge is -2.40. The Kier molecular flexibility index (Phi) is 6.68. The van der Waals surface area contributed by atoms with Gasteiger partial charge in [-0.25, -0.2) is 0 Å². The largest absolute Gasteiger partial charge is 0.392 e. The van der Waals surface area contributed by atoms with Gasteiger partial charge in [-0.2, -0.15) is 0 Å². The molecule has 4 nitrogen and oxygen atoms in total. The third-order valence-corrected chi connectivity index (χ3v) is 4.87. The number of hydrogen-bond acceptors (Lipinski definition) is 4. The van der Waals surface area contributed by atoms with Gasteiger partial charge in [0.15, 0.2) is 0 Å². The van der Waals surface area contributed by atoms with Crippen LogP contribution in [-0.4, -0.2) is 66.8 Å². The molecule has 1 unspecified atom stereocenters. The lowest BCUT2D eigenvalue weighted by atomic mass is 9.99. The molecule has 0 aromatic heterocycles. The van der Waals surface area contributed by atoms with Crippen LogP contribution in [-0.2, 0) is 4.74 Å². The van der Waals surface area contributed by atoms with Crippen molar-refractivity contribution in [1.29, 1.82) is 0 Å². The molecular formula is C15H29N3OS. The molecule has 2 aliphatic rings. The molecule has 1 atom stereocenters. The van der Waals surface area contributed by atoms with Crippen molar-refractivity contribution in [2.24, 2.45) is 11.7 Å². The Morgan fingerprint density at radius 3 is 2.45 bits per heavy atom. The first-order chi connectivity index (χ1) is 9.70. The molecule has 2 saturated heterocycles. The van der Waals surface area contributed by atoms with Crippen molar-refractivity contribution >= 4 is 17.2 Å². The summed E-state index contributed by atoms with van der Waals surface area (Å²) in [6.07, 6.45) is 4.69. The highest BCUT2D eigenvalue weighted by molar-refractivity contribution is 7.80. The Hall–Kier alpha value is -0.230. The van der Waals surface area contributed by atoms with Crippen molar-refractivity contribution in [3.05, 3.63) is 0 Å². The number of rotatable bonds is 6. The van der Waals surface area contributed by atoms with Crippen LogP contribution in [0, 0.1) is 5.92 Å². The molecule has 0 aromatic rings. The molecular weight excluding hydrogens is 270 g/mol. The average molecular weight is 299 g/mol. The number of nitrogens with zero attached hydrogens (tertiary/aromatic N) is 2. The van der Waals surface area contributed by atoms with Gasteiger partial charge in [0.2, 0.25) is 0 Å². The Morgan fingerprint density at radius 2 is 1.90 bits per heavy atom. The van der Waals surface area contributed by atoms with Crippen LogP contribution in [0.25, 0.3) is 0 Å². The van der Waals surface area contributed by atoms with Crippen LogP contribution in [0.1, 0.15) is 32.6 Å². The Labute approximate surface area is 128 Å². The van der Waals surface area contributed by atoms with Crippen LogP contribution in [0.5, 0.6) is 0 Å². The van der Waals surface area contributed by atoms with Crippen LogP contribution < -0.4 is 5.73 Å². The quantitative estimate of drug-likeness (QED) is 0.753. The topological polar surface area (TPSA) is 41.7 Å². The van der Waals surface area contributed by atoms with Crippen molar-refractivity contribution in [3.63, 3.8) is 0 Å². The van der Waals surface area contributed by atoms with E-state index in [4.69, 9.17) is 22.7 Å². The number of nitrogens with two attached hydrogens (primary N) is 1. The molecule has 0 aromatic carbocycles. The lowest BCUT2D eigenvalue weighted by Crippen LogP contribution is -2.54. The van der Waals surface area contributed by atoms with Gasteiger partial charge in [-0.3, -0.25) is 4.90 Å². The third kappa shape index (κ3) is 4.65. The van der Waals surface area contributed by atoms with Crippen molar-refractivity contribution in [2.75, 3.05) is 45.9 Å². The first kappa shape index (κ1) is 16.1. The zero-order chi connectivity index (χ0) is 14.4. The second-order valence-electron chi connectivity index (χ2n) is 6.10. The predicted molar refractivity (Wildman–Crippen MR) is 87.0 cm³/mol. The summed E-state index contributed by atoms with van der Waals surface area (Å²) in [5.74, 6) is 0.831. The molecule has 0 amide bonds. The van der Waals surface area contributed by atoms with E-state index in [0.29, 0.717) is 11.0 Å². The van der Waals surface area contributed by atoms with Gasteiger partial charge in [0.25, 0.3) is 0 Å². The summed E-state index contributed by atoms with van der Waals surface area (Å²) < 4.78 is 5.44. The van der Waals surface area contributed by atoms with Crippen molar-refractivity contribution in [3.8, 4) is 0 Å². The summed E-state index contributed by atoms with van der Waals surface area (Å²) in [4.78, 5) is 5.76. The first-order valence-electron chi connectivity index (χ1n) is 8.04. The molecule has 0 saturated carbocycles. The van der Waals surface area contributed by atoms with Gasteiger partial charge in [0.1, 0.15) is 0 Å². The molecule has 2 fully saturated rings. The molecule has 2 aliphatic heterocycles. The molecule has 2 N–H and O–H groups in total. The molecule has 2 rings (SSSR count). The number of piperazine rings is 1. The smallest absolute Gasteiger partial charge is 0.0902 e. The third-order valence-electron chi connectivity index (χ3n) is 4.60. The zero-order valence-electron chi connectivity index (χ0n) is 12.7. The van der Waals surface area contributed by atoms with E-state index in [-0.39, 0.29) is 0 Å². The second kappa shape index (κ2) is 8.27. The van der Waals surface area contributed by atoms with E-state index < -0.39 is 0 Å². The van der Waals surface area contributed by atoms with Crippen molar-refractivity contribution < 1.29 is 4.74 Å². The summed E-state index contributed by atoms with van der Waals surface area (Å²) in [7, 11) is 0. The van der Waals surface area contributed by atoms with E-state index >= 15 is 0 Å². The minimum Gasteiger partial charge on any atom is -0.392 e. The zero-order valence-corrected chi connectivity index (χ0v) is 13.5. The monoisotopic (exact) mass is 299 g/mol. The molecule has 116 valence electrons. The van der Waals surface area contributed by atoms with Gasteiger partial charge >= 0.3 is 0 Å². The summed E-state index contributed by atoms with van der Waals surface area (Å²) in [5.41, 5.74) is 5.90. The normalized spacial score (nSPS) is 24.6. The molecule has 0 aliphatic carbocycles.